The maximum Gasteiger partial charge on any atom is 0.110 e. The van der Waals surface area contributed by atoms with Crippen LogP contribution in [0.15, 0.2) is 30.6 Å². The van der Waals surface area contributed by atoms with Crippen LogP contribution in [-0.2, 0) is 13.0 Å². The van der Waals surface area contributed by atoms with E-state index in [-0.39, 0.29) is 6.04 Å². The van der Waals surface area contributed by atoms with E-state index in [0.29, 0.717) is 0 Å². The van der Waals surface area contributed by atoms with Crippen molar-refractivity contribution in [1.82, 2.24) is 15.0 Å². The molecule has 2 rings (SSSR count). The number of nitrogens with zero attached hydrogens (tertiary/aromatic N) is 2. The lowest BCUT2D eigenvalue weighted by atomic mass is 9.94. The molecule has 0 radical (unpaired) electrons. The van der Waals surface area contributed by atoms with E-state index in [4.69, 9.17) is 5.84 Å². The number of nitrogens with two attached hydrogens (primary N) is 1. The van der Waals surface area contributed by atoms with Crippen LogP contribution in [0, 0.1) is 13.8 Å². The fraction of sp³-hybridized carbons (Fsp3) is 0.400. The van der Waals surface area contributed by atoms with Gasteiger partial charge in [-0.15, -0.1) is 0 Å². The van der Waals surface area contributed by atoms with Crippen molar-refractivity contribution >= 4 is 0 Å². The molecule has 0 fully saturated rings. The van der Waals surface area contributed by atoms with Crippen LogP contribution < -0.4 is 11.3 Å². The zero-order chi connectivity index (χ0) is 13.8. The third-order valence-corrected chi connectivity index (χ3v) is 3.62. The highest BCUT2D eigenvalue weighted by Gasteiger charge is 2.17. The van der Waals surface area contributed by atoms with Gasteiger partial charge in [0.15, 0.2) is 0 Å². The number of rotatable bonds is 5. The van der Waals surface area contributed by atoms with Gasteiger partial charge >= 0.3 is 0 Å². The van der Waals surface area contributed by atoms with Crippen molar-refractivity contribution in [2.75, 3.05) is 0 Å². The molecule has 19 heavy (non-hydrogen) atoms. The van der Waals surface area contributed by atoms with Crippen LogP contribution in [0.3, 0.4) is 0 Å². The first-order chi connectivity index (χ1) is 9.17. The summed E-state index contributed by atoms with van der Waals surface area (Å²) >= 11 is 0. The van der Waals surface area contributed by atoms with Gasteiger partial charge in [-0.05, 0) is 37.5 Å². The third-order valence-electron chi connectivity index (χ3n) is 3.62. The summed E-state index contributed by atoms with van der Waals surface area (Å²) in [5.74, 6) is 6.83. The van der Waals surface area contributed by atoms with Gasteiger partial charge in [0.2, 0.25) is 0 Å². The molecule has 4 nitrogen and oxygen atoms in total. The smallest absolute Gasteiger partial charge is 0.110 e. The lowest BCUT2D eigenvalue weighted by molar-refractivity contribution is 0.519. The van der Waals surface area contributed by atoms with E-state index < -0.39 is 0 Å². The molecule has 2 aromatic rings. The van der Waals surface area contributed by atoms with E-state index in [0.717, 1.165) is 18.8 Å². The van der Waals surface area contributed by atoms with Crippen molar-refractivity contribution in [3.05, 3.63) is 53.1 Å². The Labute approximate surface area is 114 Å². The van der Waals surface area contributed by atoms with Crippen LogP contribution >= 0.6 is 0 Å². The monoisotopic (exact) mass is 258 g/mol. The van der Waals surface area contributed by atoms with E-state index in [9.17, 15) is 0 Å². The first-order valence-electron chi connectivity index (χ1n) is 6.69. The van der Waals surface area contributed by atoms with E-state index in [1.165, 1.54) is 16.7 Å². The molecule has 1 aromatic heterocycles. The van der Waals surface area contributed by atoms with Crippen molar-refractivity contribution < 1.29 is 0 Å². The average molecular weight is 258 g/mol. The topological polar surface area (TPSA) is 55.9 Å². The van der Waals surface area contributed by atoms with E-state index in [1.54, 1.807) is 0 Å². The predicted molar refractivity (Wildman–Crippen MR) is 77.6 cm³/mol. The molecule has 0 amide bonds. The quantitative estimate of drug-likeness (QED) is 0.639. The Bertz CT molecular complexity index is 525. The first kappa shape index (κ1) is 13.8. The molecule has 4 heteroatoms. The summed E-state index contributed by atoms with van der Waals surface area (Å²) in [6.45, 7) is 7.30. The van der Waals surface area contributed by atoms with Crippen LogP contribution in [0.5, 0.6) is 0 Å². The zero-order valence-electron chi connectivity index (χ0n) is 11.9. The van der Waals surface area contributed by atoms with Gasteiger partial charge in [0.05, 0.1) is 6.04 Å². The highest BCUT2D eigenvalue weighted by molar-refractivity contribution is 5.36. The van der Waals surface area contributed by atoms with Crippen molar-refractivity contribution in [2.45, 2.75) is 39.8 Å². The van der Waals surface area contributed by atoms with Gasteiger partial charge in [-0.3, -0.25) is 11.3 Å². The lowest BCUT2D eigenvalue weighted by Gasteiger charge is -2.21. The SMILES string of the molecule is CCn1ccnc1CC(NN)c1c(C)cccc1C. The van der Waals surface area contributed by atoms with Gasteiger partial charge in [-0.2, -0.15) is 0 Å². The number of benzene rings is 1. The number of nitrogens with one attached hydrogen (secondary N) is 1. The molecule has 0 aliphatic carbocycles. The summed E-state index contributed by atoms with van der Waals surface area (Å²) in [6.07, 6.45) is 4.65. The van der Waals surface area contributed by atoms with Gasteiger partial charge in [0.1, 0.15) is 5.82 Å². The largest absolute Gasteiger partial charge is 0.335 e. The van der Waals surface area contributed by atoms with Crippen LogP contribution in [0.25, 0.3) is 0 Å². The molecule has 0 saturated heterocycles. The zero-order valence-corrected chi connectivity index (χ0v) is 11.9. The number of aryl methyl sites for hydroxylation is 3. The summed E-state index contributed by atoms with van der Waals surface area (Å²) in [5, 5.41) is 0. The van der Waals surface area contributed by atoms with Crippen molar-refractivity contribution in [2.24, 2.45) is 5.84 Å². The van der Waals surface area contributed by atoms with Gasteiger partial charge in [-0.25, -0.2) is 4.98 Å². The first-order valence-corrected chi connectivity index (χ1v) is 6.69. The molecule has 0 aliphatic heterocycles. The van der Waals surface area contributed by atoms with Crippen LogP contribution in [0.2, 0.25) is 0 Å². The van der Waals surface area contributed by atoms with Crippen LogP contribution in [0.4, 0.5) is 0 Å². The molecule has 1 atom stereocenters. The van der Waals surface area contributed by atoms with Gasteiger partial charge in [-0.1, -0.05) is 18.2 Å². The Morgan fingerprint density at radius 2 is 2.00 bits per heavy atom. The number of imidazole rings is 1. The molecule has 102 valence electrons. The van der Waals surface area contributed by atoms with Gasteiger partial charge < -0.3 is 4.57 Å². The van der Waals surface area contributed by atoms with Crippen LogP contribution in [0.1, 0.15) is 35.5 Å². The number of hydrazine groups is 1. The molecule has 1 aromatic carbocycles. The fourth-order valence-electron chi connectivity index (χ4n) is 2.62. The Hall–Kier alpha value is -1.65. The second kappa shape index (κ2) is 5.99. The molecule has 1 heterocycles. The fourth-order valence-corrected chi connectivity index (χ4v) is 2.62. The van der Waals surface area contributed by atoms with Crippen molar-refractivity contribution in [1.29, 1.82) is 0 Å². The number of aromatic nitrogens is 2. The second-order valence-electron chi connectivity index (χ2n) is 4.86. The Kier molecular flexibility index (Phi) is 4.35. The van der Waals surface area contributed by atoms with E-state index in [2.05, 4.69) is 53.9 Å². The van der Waals surface area contributed by atoms with Crippen molar-refractivity contribution in [3.8, 4) is 0 Å². The maximum atomic E-state index is 5.76. The molecule has 1 unspecified atom stereocenters. The van der Waals surface area contributed by atoms with Crippen LogP contribution in [-0.4, -0.2) is 9.55 Å². The normalized spacial score (nSPS) is 12.6. The Morgan fingerprint density at radius 3 is 2.58 bits per heavy atom. The number of hydrogen-bond donors (Lipinski definition) is 2. The van der Waals surface area contributed by atoms with Crippen molar-refractivity contribution in [3.63, 3.8) is 0 Å². The minimum Gasteiger partial charge on any atom is -0.335 e. The Balaban J connectivity index is 2.30. The van der Waals surface area contributed by atoms with E-state index in [1.807, 2.05) is 12.4 Å². The lowest BCUT2D eigenvalue weighted by Crippen LogP contribution is -2.31. The summed E-state index contributed by atoms with van der Waals surface area (Å²) in [6, 6.07) is 6.42. The minimum atomic E-state index is 0.0916. The summed E-state index contributed by atoms with van der Waals surface area (Å²) in [5.41, 5.74) is 6.73. The van der Waals surface area contributed by atoms with Gasteiger partial charge in [0, 0.05) is 25.4 Å². The molecular weight excluding hydrogens is 236 g/mol. The second-order valence-corrected chi connectivity index (χ2v) is 4.86. The number of hydrogen-bond acceptors (Lipinski definition) is 3. The highest BCUT2D eigenvalue weighted by Crippen LogP contribution is 2.24. The molecule has 0 aliphatic rings. The Morgan fingerprint density at radius 1 is 1.32 bits per heavy atom. The summed E-state index contributed by atoms with van der Waals surface area (Å²) < 4.78 is 2.15. The summed E-state index contributed by atoms with van der Waals surface area (Å²) in [7, 11) is 0. The molecule has 0 spiro atoms. The average Bonchev–Trinajstić information content (AvgIpc) is 2.84. The third kappa shape index (κ3) is 2.85. The maximum absolute atomic E-state index is 5.76. The molecule has 0 bridgehead atoms. The highest BCUT2D eigenvalue weighted by atomic mass is 15.2. The molecule has 3 N–H and O–H groups in total. The minimum absolute atomic E-state index is 0.0916. The molecular formula is C15H22N4. The van der Waals surface area contributed by atoms with E-state index >= 15 is 0 Å². The standard InChI is InChI=1S/C15H22N4/c1-4-19-9-8-17-14(19)10-13(18-16)15-11(2)6-5-7-12(15)3/h5-9,13,18H,4,10,16H2,1-3H3. The molecule has 0 saturated carbocycles. The predicted octanol–water partition coefficient (Wildman–Crippen LogP) is 2.27. The van der Waals surface area contributed by atoms with Gasteiger partial charge in [0.25, 0.3) is 0 Å². The summed E-state index contributed by atoms with van der Waals surface area (Å²) in [4.78, 5) is 4.43.